The van der Waals surface area contributed by atoms with Crippen molar-refractivity contribution in [3.8, 4) is 0 Å². The van der Waals surface area contributed by atoms with Gasteiger partial charge in [-0.15, -0.1) is 0 Å². The van der Waals surface area contributed by atoms with Crippen molar-refractivity contribution in [2.24, 2.45) is 0 Å². The molecule has 0 spiro atoms. The molecule has 0 heterocycles. The number of carbonyl (C=O) groups excluding carboxylic acids is 3. The summed E-state index contributed by atoms with van der Waals surface area (Å²) in [5.74, 6) is -0.976. The van der Waals surface area contributed by atoms with Crippen LogP contribution in [-0.4, -0.2) is 37.2 Å². The minimum atomic E-state index is -0.813. The number of unbranched alkanes of at least 4 members (excludes halogenated alkanes) is 16. The van der Waals surface area contributed by atoms with Gasteiger partial charge in [0.05, 0.1) is 0 Å². The van der Waals surface area contributed by atoms with Crippen LogP contribution in [0.2, 0.25) is 0 Å². The maximum atomic E-state index is 12.8. The Hall–Kier alpha value is -4.97. The van der Waals surface area contributed by atoms with Crippen LogP contribution in [0.15, 0.2) is 158 Å². The summed E-state index contributed by atoms with van der Waals surface area (Å²) in [6.45, 7) is 6.33. The van der Waals surface area contributed by atoms with Gasteiger partial charge in [0.1, 0.15) is 13.2 Å². The van der Waals surface area contributed by atoms with E-state index < -0.39 is 6.10 Å². The highest BCUT2D eigenvalue weighted by Crippen LogP contribution is 2.14. The van der Waals surface area contributed by atoms with Gasteiger partial charge in [-0.3, -0.25) is 14.4 Å². The SMILES string of the molecule is CC/C=C\C/C=C\C/C=C\C/C=C\C/C=C\C/C=C\C/C=C\C/C=C\C/C=C\CCCCCCCC(=O)OCC(COC(=O)CCCCCCCCCCCC)OC(=O)CCCC/C=C\C/C=C\C/C=C\C/C=C\CC. The summed E-state index contributed by atoms with van der Waals surface area (Å²) in [6, 6.07) is 0. The van der Waals surface area contributed by atoms with Gasteiger partial charge in [0.15, 0.2) is 6.10 Å². The molecule has 0 aliphatic heterocycles. The van der Waals surface area contributed by atoms with Gasteiger partial charge in [-0.1, -0.05) is 256 Å². The smallest absolute Gasteiger partial charge is 0.306 e. The lowest BCUT2D eigenvalue weighted by Crippen LogP contribution is -2.30. The van der Waals surface area contributed by atoms with E-state index in [2.05, 4.69) is 179 Å². The Labute approximate surface area is 467 Å². The van der Waals surface area contributed by atoms with E-state index in [1.807, 2.05) is 0 Å². The fourth-order valence-electron chi connectivity index (χ4n) is 7.78. The van der Waals surface area contributed by atoms with Crippen LogP contribution in [0.4, 0.5) is 0 Å². The summed E-state index contributed by atoms with van der Waals surface area (Å²) in [4.78, 5) is 38.1. The van der Waals surface area contributed by atoms with Gasteiger partial charge in [0.25, 0.3) is 0 Å². The van der Waals surface area contributed by atoms with E-state index in [1.165, 1.54) is 44.9 Å². The molecule has 0 saturated carbocycles. The fraction of sp³-hybridized carbons (Fsp3) is 0.586. The number of carbonyl (C=O) groups is 3. The first-order chi connectivity index (χ1) is 37.5. The van der Waals surface area contributed by atoms with E-state index in [0.717, 1.165) is 154 Å². The van der Waals surface area contributed by atoms with E-state index in [4.69, 9.17) is 14.2 Å². The third kappa shape index (κ3) is 59.9. The van der Waals surface area contributed by atoms with Crippen LogP contribution >= 0.6 is 0 Å². The average Bonchev–Trinajstić information content (AvgIpc) is 3.42. The van der Waals surface area contributed by atoms with Gasteiger partial charge in [-0.2, -0.15) is 0 Å². The van der Waals surface area contributed by atoms with E-state index in [0.29, 0.717) is 19.3 Å². The summed E-state index contributed by atoms with van der Waals surface area (Å²) in [5, 5.41) is 0. The summed E-state index contributed by atoms with van der Waals surface area (Å²) >= 11 is 0. The maximum Gasteiger partial charge on any atom is 0.306 e. The van der Waals surface area contributed by atoms with Crippen molar-refractivity contribution >= 4 is 17.9 Å². The molecular formula is C70H110O6. The van der Waals surface area contributed by atoms with Crippen LogP contribution in [0.5, 0.6) is 0 Å². The van der Waals surface area contributed by atoms with Crippen molar-refractivity contribution in [1.82, 2.24) is 0 Å². The van der Waals surface area contributed by atoms with Crippen molar-refractivity contribution in [2.45, 2.75) is 252 Å². The standard InChI is InChI=1S/C70H110O6/c1-4-7-10-13-16-19-22-24-26-27-28-29-30-31-32-33-34-35-36-37-38-39-40-41-42-43-45-46-48-51-54-57-60-63-69(72)75-66-67(65-74-68(71)62-59-56-53-50-21-18-15-12-9-6-3)76-70(73)64-61-58-55-52-49-47-44-25-23-20-17-14-11-8-5-2/h7-8,10-11,16-17,19-20,24-26,28-29,31-32,34-35,37-38,40-41,43-45,49,52,67H,4-6,9,12-15,18,21-23,27,30,33,36,39,42,46-48,50-51,53-66H2,1-3H3/b10-7-,11-8-,19-16-,20-17-,26-24-,29-28-,32-31-,35-34-,38-37-,41-40-,44-25-,45-43-,52-49-. The van der Waals surface area contributed by atoms with E-state index in [-0.39, 0.29) is 37.5 Å². The fourth-order valence-corrected chi connectivity index (χ4v) is 7.78. The average molecular weight is 1050 g/mol. The Balaban J connectivity index is 4.32. The molecule has 0 aromatic carbocycles. The normalized spacial score (nSPS) is 13.2. The molecule has 0 aliphatic rings. The lowest BCUT2D eigenvalue weighted by atomic mass is 10.1. The molecule has 6 nitrogen and oxygen atoms in total. The van der Waals surface area contributed by atoms with Gasteiger partial charge in [0, 0.05) is 19.3 Å². The van der Waals surface area contributed by atoms with Crippen molar-refractivity contribution in [3.05, 3.63) is 158 Å². The first-order valence-electron chi connectivity index (χ1n) is 30.5. The molecule has 0 aromatic heterocycles. The molecule has 0 N–H and O–H groups in total. The third-order valence-corrected chi connectivity index (χ3v) is 12.3. The highest BCUT2D eigenvalue weighted by atomic mass is 16.6. The molecular weight excluding hydrogens is 937 g/mol. The first kappa shape index (κ1) is 71.0. The quantitative estimate of drug-likeness (QED) is 0.0261. The molecule has 0 aliphatic carbocycles. The number of ether oxygens (including phenoxy) is 3. The third-order valence-electron chi connectivity index (χ3n) is 12.3. The van der Waals surface area contributed by atoms with Gasteiger partial charge in [0.2, 0.25) is 0 Å². The molecule has 0 fully saturated rings. The highest BCUT2D eigenvalue weighted by Gasteiger charge is 2.19. The van der Waals surface area contributed by atoms with Crippen molar-refractivity contribution in [3.63, 3.8) is 0 Å². The van der Waals surface area contributed by atoms with Crippen molar-refractivity contribution in [2.75, 3.05) is 13.2 Å². The molecule has 0 aromatic rings. The van der Waals surface area contributed by atoms with Crippen molar-refractivity contribution in [1.29, 1.82) is 0 Å². The van der Waals surface area contributed by atoms with Crippen LogP contribution in [-0.2, 0) is 28.6 Å². The van der Waals surface area contributed by atoms with Crippen LogP contribution in [0.1, 0.15) is 245 Å². The summed E-state index contributed by atoms with van der Waals surface area (Å²) < 4.78 is 16.8. The molecule has 0 rings (SSSR count). The zero-order valence-corrected chi connectivity index (χ0v) is 48.7. The Morgan fingerprint density at radius 2 is 0.513 bits per heavy atom. The molecule has 1 unspecified atom stereocenters. The second-order valence-electron chi connectivity index (χ2n) is 19.5. The number of rotatable bonds is 53. The summed E-state index contributed by atoms with van der Waals surface area (Å²) in [7, 11) is 0. The first-order valence-corrected chi connectivity index (χ1v) is 30.5. The minimum absolute atomic E-state index is 0.105. The maximum absolute atomic E-state index is 12.8. The van der Waals surface area contributed by atoms with E-state index in [9.17, 15) is 14.4 Å². The molecule has 0 radical (unpaired) electrons. The predicted molar refractivity (Wildman–Crippen MR) is 329 cm³/mol. The number of esters is 3. The number of hydrogen-bond acceptors (Lipinski definition) is 6. The summed E-state index contributed by atoms with van der Waals surface area (Å²) in [6.07, 6.45) is 91.1. The summed E-state index contributed by atoms with van der Waals surface area (Å²) in [5.41, 5.74) is 0. The monoisotopic (exact) mass is 1050 g/mol. The predicted octanol–water partition coefficient (Wildman–Crippen LogP) is 20.9. The van der Waals surface area contributed by atoms with E-state index >= 15 is 0 Å². The van der Waals surface area contributed by atoms with Crippen LogP contribution in [0, 0.1) is 0 Å². The minimum Gasteiger partial charge on any atom is -0.462 e. The topological polar surface area (TPSA) is 78.9 Å². The van der Waals surface area contributed by atoms with Gasteiger partial charge in [-0.05, 0) is 128 Å². The lowest BCUT2D eigenvalue weighted by Gasteiger charge is -2.18. The number of allylic oxidation sites excluding steroid dienone is 26. The highest BCUT2D eigenvalue weighted by molar-refractivity contribution is 5.71. The van der Waals surface area contributed by atoms with Crippen LogP contribution in [0.25, 0.3) is 0 Å². The van der Waals surface area contributed by atoms with Crippen LogP contribution in [0.3, 0.4) is 0 Å². The lowest BCUT2D eigenvalue weighted by molar-refractivity contribution is -0.167. The van der Waals surface area contributed by atoms with Crippen LogP contribution < -0.4 is 0 Å². The Morgan fingerprint density at radius 1 is 0.276 bits per heavy atom. The molecule has 1 atom stereocenters. The second-order valence-corrected chi connectivity index (χ2v) is 19.5. The number of hydrogen-bond donors (Lipinski definition) is 0. The van der Waals surface area contributed by atoms with Crippen molar-refractivity contribution < 1.29 is 28.6 Å². The second kappa shape index (κ2) is 62.6. The zero-order valence-electron chi connectivity index (χ0n) is 48.7. The van der Waals surface area contributed by atoms with Gasteiger partial charge in [-0.25, -0.2) is 0 Å². The molecule has 0 bridgehead atoms. The van der Waals surface area contributed by atoms with Gasteiger partial charge >= 0.3 is 17.9 Å². The molecule has 0 amide bonds. The Kier molecular flexibility index (Phi) is 58.5. The molecule has 0 saturated heterocycles. The largest absolute Gasteiger partial charge is 0.462 e. The van der Waals surface area contributed by atoms with E-state index in [1.54, 1.807) is 0 Å². The zero-order chi connectivity index (χ0) is 55.0. The Morgan fingerprint density at radius 3 is 0.829 bits per heavy atom. The molecule has 76 heavy (non-hydrogen) atoms. The Bertz CT molecular complexity index is 1720. The molecule has 426 valence electrons. The molecule has 6 heteroatoms. The van der Waals surface area contributed by atoms with Gasteiger partial charge < -0.3 is 14.2 Å².